The standard InChI is InChI=1S/C10H10N2O2S/c11-9(15)12-6-8(14-10(12)13)7-4-2-1-3-5-7/h1-5,8H,6H2,(H2,11,15). The molecule has 0 spiro atoms. The van der Waals surface area contributed by atoms with Crippen LogP contribution in [-0.2, 0) is 4.74 Å². The van der Waals surface area contributed by atoms with Crippen LogP contribution in [0, 0.1) is 0 Å². The zero-order chi connectivity index (χ0) is 10.8. The number of thiocarbonyl (C=S) groups is 1. The first-order valence-corrected chi connectivity index (χ1v) is 4.92. The third kappa shape index (κ3) is 1.92. The topological polar surface area (TPSA) is 55.6 Å². The monoisotopic (exact) mass is 222 g/mol. The molecule has 0 aromatic heterocycles. The minimum absolute atomic E-state index is 0.0541. The van der Waals surface area contributed by atoms with Crippen molar-refractivity contribution in [2.24, 2.45) is 5.73 Å². The summed E-state index contributed by atoms with van der Waals surface area (Å²) in [6.07, 6.45) is -0.753. The molecule has 0 aliphatic carbocycles. The third-order valence-corrected chi connectivity index (χ3v) is 2.47. The van der Waals surface area contributed by atoms with Crippen LogP contribution in [0.15, 0.2) is 30.3 Å². The van der Waals surface area contributed by atoms with Crippen molar-refractivity contribution in [1.82, 2.24) is 4.90 Å². The Morgan fingerprint density at radius 3 is 2.67 bits per heavy atom. The molecule has 78 valence electrons. The largest absolute Gasteiger partial charge is 0.439 e. The van der Waals surface area contributed by atoms with E-state index in [0.29, 0.717) is 6.54 Å². The molecule has 15 heavy (non-hydrogen) atoms. The van der Waals surface area contributed by atoms with Gasteiger partial charge in [0, 0.05) is 0 Å². The molecule has 2 rings (SSSR count). The minimum Gasteiger partial charge on any atom is -0.439 e. The molecule has 1 heterocycles. The molecule has 1 unspecified atom stereocenters. The van der Waals surface area contributed by atoms with Gasteiger partial charge in [0.1, 0.15) is 6.10 Å². The Kier molecular flexibility index (Phi) is 2.55. The van der Waals surface area contributed by atoms with E-state index >= 15 is 0 Å². The fourth-order valence-electron chi connectivity index (χ4n) is 1.48. The first-order valence-electron chi connectivity index (χ1n) is 4.51. The van der Waals surface area contributed by atoms with Crippen LogP contribution in [0.5, 0.6) is 0 Å². The molecule has 1 aromatic carbocycles. The van der Waals surface area contributed by atoms with E-state index in [-0.39, 0.29) is 11.2 Å². The van der Waals surface area contributed by atoms with E-state index in [0.717, 1.165) is 5.56 Å². The van der Waals surface area contributed by atoms with Gasteiger partial charge in [-0.3, -0.25) is 4.90 Å². The van der Waals surface area contributed by atoms with Crippen LogP contribution in [-0.4, -0.2) is 22.7 Å². The van der Waals surface area contributed by atoms with Crippen LogP contribution >= 0.6 is 12.2 Å². The summed E-state index contributed by atoms with van der Waals surface area (Å²) in [6, 6.07) is 9.51. The summed E-state index contributed by atoms with van der Waals surface area (Å²) in [5, 5.41) is 0.0541. The van der Waals surface area contributed by atoms with Gasteiger partial charge >= 0.3 is 6.09 Å². The number of carbonyl (C=O) groups excluding carboxylic acids is 1. The number of hydrogen-bond acceptors (Lipinski definition) is 3. The van der Waals surface area contributed by atoms with Gasteiger partial charge < -0.3 is 10.5 Å². The second-order valence-corrected chi connectivity index (χ2v) is 3.65. The normalized spacial score (nSPS) is 20.1. The average Bonchev–Trinajstić information content (AvgIpc) is 2.62. The number of hydrogen-bond donors (Lipinski definition) is 1. The van der Waals surface area contributed by atoms with Gasteiger partial charge in [-0.05, 0) is 17.8 Å². The summed E-state index contributed by atoms with van der Waals surface area (Å²) >= 11 is 4.74. The number of amides is 1. The maximum Gasteiger partial charge on any atom is 0.416 e. The SMILES string of the molecule is NC(=S)N1CC(c2ccccc2)OC1=O. The first-order chi connectivity index (χ1) is 7.18. The van der Waals surface area contributed by atoms with Gasteiger partial charge in [-0.15, -0.1) is 0 Å². The maximum atomic E-state index is 11.3. The highest BCUT2D eigenvalue weighted by atomic mass is 32.1. The highest BCUT2D eigenvalue weighted by molar-refractivity contribution is 7.80. The van der Waals surface area contributed by atoms with E-state index in [9.17, 15) is 4.79 Å². The van der Waals surface area contributed by atoms with Crippen LogP contribution in [0.1, 0.15) is 11.7 Å². The van der Waals surface area contributed by atoms with Crippen molar-refractivity contribution in [2.75, 3.05) is 6.54 Å². The molecular formula is C10H10N2O2S. The second-order valence-electron chi connectivity index (χ2n) is 3.23. The van der Waals surface area contributed by atoms with Crippen molar-refractivity contribution < 1.29 is 9.53 Å². The number of nitrogens with two attached hydrogens (primary N) is 1. The van der Waals surface area contributed by atoms with E-state index in [1.165, 1.54) is 4.90 Å². The smallest absolute Gasteiger partial charge is 0.416 e. The van der Waals surface area contributed by atoms with Crippen LogP contribution < -0.4 is 5.73 Å². The van der Waals surface area contributed by atoms with Crippen LogP contribution in [0.25, 0.3) is 0 Å². The van der Waals surface area contributed by atoms with E-state index in [4.69, 9.17) is 22.7 Å². The summed E-state index contributed by atoms with van der Waals surface area (Å²) in [6.45, 7) is 0.387. The summed E-state index contributed by atoms with van der Waals surface area (Å²) in [5.41, 5.74) is 6.33. The van der Waals surface area contributed by atoms with Crippen molar-refractivity contribution in [3.05, 3.63) is 35.9 Å². The molecule has 1 aliphatic rings. The van der Waals surface area contributed by atoms with Crippen LogP contribution in [0.4, 0.5) is 4.79 Å². The van der Waals surface area contributed by atoms with Crippen molar-refractivity contribution in [2.45, 2.75) is 6.10 Å². The predicted octanol–water partition coefficient (Wildman–Crippen LogP) is 1.42. The summed E-state index contributed by atoms with van der Waals surface area (Å²) in [7, 11) is 0. The molecule has 1 aliphatic heterocycles. The lowest BCUT2D eigenvalue weighted by atomic mass is 10.1. The van der Waals surface area contributed by atoms with Gasteiger partial charge in [0.25, 0.3) is 0 Å². The maximum absolute atomic E-state index is 11.3. The van der Waals surface area contributed by atoms with Gasteiger partial charge in [0.15, 0.2) is 5.11 Å². The Balaban J connectivity index is 2.16. The van der Waals surface area contributed by atoms with Crippen molar-refractivity contribution >= 4 is 23.4 Å². The lowest BCUT2D eigenvalue weighted by Crippen LogP contribution is -2.35. The molecule has 1 atom stereocenters. The number of nitrogens with zero attached hydrogens (tertiary/aromatic N) is 1. The number of benzene rings is 1. The Labute approximate surface area is 92.6 Å². The zero-order valence-corrected chi connectivity index (χ0v) is 8.74. The van der Waals surface area contributed by atoms with Crippen LogP contribution in [0.2, 0.25) is 0 Å². The summed E-state index contributed by atoms with van der Waals surface area (Å²) in [4.78, 5) is 12.6. The molecule has 0 bridgehead atoms. The number of rotatable bonds is 1. The third-order valence-electron chi connectivity index (χ3n) is 2.25. The van der Waals surface area contributed by atoms with E-state index < -0.39 is 6.09 Å². The molecular weight excluding hydrogens is 212 g/mol. The Morgan fingerprint density at radius 2 is 2.13 bits per heavy atom. The Hall–Kier alpha value is -1.62. The summed E-state index contributed by atoms with van der Waals surface area (Å²) in [5.74, 6) is 0. The van der Waals surface area contributed by atoms with Gasteiger partial charge in [-0.2, -0.15) is 0 Å². The second kappa shape index (κ2) is 3.86. The summed E-state index contributed by atoms with van der Waals surface area (Å²) < 4.78 is 5.14. The number of cyclic esters (lactones) is 1. The van der Waals surface area contributed by atoms with E-state index in [2.05, 4.69) is 0 Å². The zero-order valence-electron chi connectivity index (χ0n) is 7.92. The lowest BCUT2D eigenvalue weighted by molar-refractivity contribution is 0.137. The van der Waals surface area contributed by atoms with Crippen molar-refractivity contribution in [3.8, 4) is 0 Å². The van der Waals surface area contributed by atoms with Crippen LogP contribution in [0.3, 0.4) is 0 Å². The molecule has 1 amide bonds. The molecule has 0 radical (unpaired) electrons. The highest BCUT2D eigenvalue weighted by Gasteiger charge is 2.33. The Bertz CT molecular complexity index is 394. The fourth-order valence-corrected chi connectivity index (χ4v) is 1.63. The molecule has 1 saturated heterocycles. The Morgan fingerprint density at radius 1 is 1.47 bits per heavy atom. The molecule has 1 aromatic rings. The van der Waals surface area contributed by atoms with Crippen molar-refractivity contribution in [3.63, 3.8) is 0 Å². The van der Waals surface area contributed by atoms with Gasteiger partial charge in [0.2, 0.25) is 0 Å². The molecule has 0 saturated carbocycles. The highest BCUT2D eigenvalue weighted by Crippen LogP contribution is 2.25. The molecule has 1 fully saturated rings. The van der Waals surface area contributed by atoms with Crippen molar-refractivity contribution in [1.29, 1.82) is 0 Å². The van der Waals surface area contributed by atoms with Gasteiger partial charge in [-0.25, -0.2) is 4.79 Å². The van der Waals surface area contributed by atoms with Gasteiger partial charge in [-0.1, -0.05) is 30.3 Å². The molecule has 5 heteroatoms. The minimum atomic E-state index is -0.476. The quantitative estimate of drug-likeness (QED) is 0.730. The molecule has 4 nitrogen and oxygen atoms in total. The van der Waals surface area contributed by atoms with E-state index in [1.807, 2.05) is 30.3 Å². The molecule has 2 N–H and O–H groups in total. The number of ether oxygens (including phenoxy) is 1. The first kappa shape index (κ1) is 9.92. The van der Waals surface area contributed by atoms with Gasteiger partial charge in [0.05, 0.1) is 6.54 Å². The van der Waals surface area contributed by atoms with E-state index in [1.54, 1.807) is 0 Å². The fraction of sp³-hybridized carbons (Fsp3) is 0.200. The average molecular weight is 222 g/mol. The lowest BCUT2D eigenvalue weighted by Gasteiger charge is -2.09. The number of carbonyl (C=O) groups is 1. The predicted molar refractivity (Wildman–Crippen MR) is 59.2 cm³/mol.